The number of piperidine rings is 1. The Hall–Kier alpha value is -3.86. The lowest BCUT2D eigenvalue weighted by atomic mass is 9.90. The van der Waals surface area contributed by atoms with Crippen LogP contribution in [0.15, 0.2) is 53.3 Å². The summed E-state index contributed by atoms with van der Waals surface area (Å²) in [6.45, 7) is 14.5. The number of benzene rings is 1. The lowest BCUT2D eigenvalue weighted by molar-refractivity contribution is 0.0963. The quantitative estimate of drug-likeness (QED) is 0.263. The fourth-order valence-electron chi connectivity index (χ4n) is 6.16. The van der Waals surface area contributed by atoms with E-state index >= 15 is 0 Å². The standard InChI is InChI=1S/C35H45N7O3/c1-24-6-7-25(16-31(24)42-23-30(38-39-42)26-18-29(22-36-20-26)41-12-14-44-15-13-41)17-32(43)33-19-27(34(45-33)35(2,3)4)21-37-28-8-10-40(5)11-9-28/h6-7,16,18-20,22-23,28,37H,8-15,17,21H2,1-5H3. The molecule has 0 spiro atoms. The van der Waals surface area contributed by atoms with Crippen LogP contribution in [0.25, 0.3) is 16.9 Å². The average molecular weight is 612 g/mol. The Morgan fingerprint density at radius 1 is 1.04 bits per heavy atom. The van der Waals surface area contributed by atoms with Crippen LogP contribution in [-0.4, -0.2) is 83.1 Å². The number of pyridine rings is 1. The summed E-state index contributed by atoms with van der Waals surface area (Å²) in [7, 11) is 2.17. The van der Waals surface area contributed by atoms with Gasteiger partial charge in [-0.1, -0.05) is 38.1 Å². The van der Waals surface area contributed by atoms with Crippen molar-refractivity contribution in [2.24, 2.45) is 0 Å². The van der Waals surface area contributed by atoms with Crippen LogP contribution >= 0.6 is 0 Å². The molecule has 45 heavy (non-hydrogen) atoms. The van der Waals surface area contributed by atoms with Gasteiger partial charge in [-0.05, 0) is 69.2 Å². The number of rotatable bonds is 9. The fourth-order valence-corrected chi connectivity index (χ4v) is 6.16. The van der Waals surface area contributed by atoms with E-state index in [1.807, 2.05) is 49.8 Å². The van der Waals surface area contributed by atoms with E-state index in [2.05, 4.69) is 64.3 Å². The fraction of sp³-hybridized carbons (Fsp3) is 0.486. The second kappa shape index (κ2) is 13.2. The molecular formula is C35H45N7O3. The van der Waals surface area contributed by atoms with Gasteiger partial charge in [-0.25, -0.2) is 4.68 Å². The predicted octanol–water partition coefficient (Wildman–Crippen LogP) is 4.97. The third-order valence-electron chi connectivity index (χ3n) is 8.84. The van der Waals surface area contributed by atoms with Crippen molar-refractivity contribution in [1.82, 2.24) is 30.2 Å². The third-order valence-corrected chi connectivity index (χ3v) is 8.84. The molecule has 238 valence electrons. The molecule has 3 aromatic heterocycles. The zero-order valence-corrected chi connectivity index (χ0v) is 27.2. The van der Waals surface area contributed by atoms with Crippen LogP contribution in [0.2, 0.25) is 0 Å². The van der Waals surface area contributed by atoms with Crippen molar-refractivity contribution in [2.45, 2.75) is 65.0 Å². The summed E-state index contributed by atoms with van der Waals surface area (Å²) in [4.78, 5) is 22.7. The molecule has 10 heteroatoms. The van der Waals surface area contributed by atoms with Gasteiger partial charge in [-0.3, -0.25) is 9.78 Å². The van der Waals surface area contributed by atoms with E-state index in [0.29, 0.717) is 31.6 Å². The molecule has 4 aromatic rings. The minimum Gasteiger partial charge on any atom is -0.457 e. The lowest BCUT2D eigenvalue weighted by Crippen LogP contribution is -2.40. The predicted molar refractivity (Wildman–Crippen MR) is 175 cm³/mol. The minimum absolute atomic E-state index is 0.0360. The number of carbonyl (C=O) groups excluding carboxylic acids is 1. The number of aromatic nitrogens is 4. The molecule has 5 heterocycles. The number of likely N-dealkylation sites (tertiary alicyclic amines) is 1. The molecular weight excluding hydrogens is 566 g/mol. The summed E-state index contributed by atoms with van der Waals surface area (Å²) >= 11 is 0. The summed E-state index contributed by atoms with van der Waals surface area (Å²) in [6, 6.07) is 10.6. The smallest absolute Gasteiger partial charge is 0.202 e. The Morgan fingerprint density at radius 3 is 2.58 bits per heavy atom. The maximum Gasteiger partial charge on any atom is 0.202 e. The molecule has 0 aliphatic carbocycles. The van der Waals surface area contributed by atoms with Crippen LogP contribution in [-0.2, 0) is 23.1 Å². The Bertz CT molecular complexity index is 1620. The number of Topliss-reactive ketones (excluding diaryl/α,β-unsaturated/α-hetero) is 1. The maximum atomic E-state index is 13.6. The maximum absolute atomic E-state index is 13.6. The average Bonchev–Trinajstić information content (AvgIpc) is 3.71. The number of aryl methyl sites for hydroxylation is 1. The number of nitrogens with zero attached hydrogens (tertiary/aromatic N) is 6. The molecule has 1 N–H and O–H groups in total. The van der Waals surface area contributed by atoms with Gasteiger partial charge in [-0.15, -0.1) is 5.10 Å². The Kier molecular flexibility index (Phi) is 9.16. The number of ketones is 1. The molecule has 6 rings (SSSR count). The largest absolute Gasteiger partial charge is 0.457 e. The van der Waals surface area contributed by atoms with Crippen LogP contribution in [0.3, 0.4) is 0 Å². The van der Waals surface area contributed by atoms with E-state index in [-0.39, 0.29) is 17.6 Å². The van der Waals surface area contributed by atoms with Crippen LogP contribution in [0, 0.1) is 6.92 Å². The highest BCUT2D eigenvalue weighted by atomic mass is 16.5. The number of nitrogens with one attached hydrogen (secondary N) is 1. The molecule has 2 aliphatic heterocycles. The molecule has 1 aromatic carbocycles. The van der Waals surface area contributed by atoms with E-state index in [1.54, 1.807) is 4.68 Å². The van der Waals surface area contributed by atoms with Crippen LogP contribution in [0.1, 0.15) is 66.6 Å². The minimum atomic E-state index is -0.207. The van der Waals surface area contributed by atoms with Gasteiger partial charge >= 0.3 is 0 Å². The van der Waals surface area contributed by atoms with E-state index in [4.69, 9.17) is 9.15 Å². The van der Waals surface area contributed by atoms with Crippen molar-refractivity contribution in [1.29, 1.82) is 0 Å². The highest BCUT2D eigenvalue weighted by molar-refractivity contribution is 5.95. The molecule has 2 fully saturated rings. The van der Waals surface area contributed by atoms with Crippen molar-refractivity contribution in [3.05, 3.63) is 77.1 Å². The first-order valence-corrected chi connectivity index (χ1v) is 16.0. The lowest BCUT2D eigenvalue weighted by Gasteiger charge is -2.29. The van der Waals surface area contributed by atoms with Gasteiger partial charge < -0.3 is 24.3 Å². The van der Waals surface area contributed by atoms with Crippen molar-refractivity contribution in [3.63, 3.8) is 0 Å². The van der Waals surface area contributed by atoms with Gasteiger partial charge in [0.15, 0.2) is 5.76 Å². The SMILES string of the molecule is Cc1ccc(CC(=O)c2cc(CNC3CCN(C)CC3)c(C(C)(C)C)o2)cc1-n1cc(-c2cncc(N3CCOCC3)c2)nn1. The van der Waals surface area contributed by atoms with Crippen molar-refractivity contribution < 1.29 is 13.9 Å². The van der Waals surface area contributed by atoms with Crippen molar-refractivity contribution >= 4 is 11.5 Å². The van der Waals surface area contributed by atoms with Gasteiger partial charge in [0.1, 0.15) is 11.5 Å². The number of morpholine rings is 1. The van der Waals surface area contributed by atoms with Gasteiger partial charge in [0.2, 0.25) is 5.78 Å². The van der Waals surface area contributed by atoms with Gasteiger partial charge in [0, 0.05) is 54.8 Å². The summed E-state index contributed by atoms with van der Waals surface area (Å²) < 4.78 is 13.5. The Morgan fingerprint density at radius 2 is 1.82 bits per heavy atom. The molecule has 2 saturated heterocycles. The molecule has 0 saturated carbocycles. The zero-order chi connectivity index (χ0) is 31.6. The molecule has 0 unspecified atom stereocenters. The molecule has 0 bridgehead atoms. The molecule has 0 radical (unpaired) electrons. The molecule has 0 amide bonds. The van der Waals surface area contributed by atoms with Crippen LogP contribution < -0.4 is 10.2 Å². The normalized spacial score (nSPS) is 16.8. The molecule has 10 nitrogen and oxygen atoms in total. The van der Waals surface area contributed by atoms with Crippen LogP contribution in [0.4, 0.5) is 5.69 Å². The van der Waals surface area contributed by atoms with E-state index in [9.17, 15) is 4.79 Å². The topological polar surface area (TPSA) is 102 Å². The second-order valence-corrected chi connectivity index (χ2v) is 13.5. The monoisotopic (exact) mass is 611 g/mol. The van der Waals surface area contributed by atoms with Crippen LogP contribution in [0.5, 0.6) is 0 Å². The summed E-state index contributed by atoms with van der Waals surface area (Å²) in [5.74, 6) is 1.25. The second-order valence-electron chi connectivity index (χ2n) is 13.5. The molecule has 0 atom stereocenters. The number of furan rings is 1. The number of hydrogen-bond acceptors (Lipinski definition) is 9. The first kappa shape index (κ1) is 31.1. The third kappa shape index (κ3) is 7.35. The number of carbonyl (C=O) groups is 1. The van der Waals surface area contributed by atoms with Crippen molar-refractivity contribution in [3.8, 4) is 16.9 Å². The highest BCUT2D eigenvalue weighted by Crippen LogP contribution is 2.30. The summed E-state index contributed by atoms with van der Waals surface area (Å²) in [6.07, 6.45) is 8.10. The number of anilines is 1. The first-order valence-electron chi connectivity index (χ1n) is 16.0. The Balaban J connectivity index is 1.17. The Labute approximate surface area is 265 Å². The molecule has 2 aliphatic rings. The summed E-state index contributed by atoms with van der Waals surface area (Å²) in [5, 5.41) is 12.6. The van der Waals surface area contributed by atoms with E-state index < -0.39 is 0 Å². The first-order chi connectivity index (χ1) is 21.6. The zero-order valence-electron chi connectivity index (χ0n) is 27.2. The van der Waals surface area contributed by atoms with Gasteiger partial charge in [-0.2, -0.15) is 0 Å². The van der Waals surface area contributed by atoms with Gasteiger partial charge in [0.05, 0.1) is 37.0 Å². The number of hydrogen-bond donors (Lipinski definition) is 1. The summed E-state index contributed by atoms with van der Waals surface area (Å²) in [5.41, 5.74) is 6.38. The van der Waals surface area contributed by atoms with E-state index in [0.717, 1.165) is 84.1 Å². The van der Waals surface area contributed by atoms with E-state index in [1.165, 1.54) is 0 Å². The highest BCUT2D eigenvalue weighted by Gasteiger charge is 2.27. The number of ether oxygens (including phenoxy) is 1. The van der Waals surface area contributed by atoms with Crippen molar-refractivity contribution in [2.75, 3.05) is 51.3 Å². The van der Waals surface area contributed by atoms with Gasteiger partial charge in [0.25, 0.3) is 0 Å².